The zero-order valence-electron chi connectivity index (χ0n) is 16.4. The van der Waals surface area contributed by atoms with Gasteiger partial charge in [0, 0.05) is 18.4 Å². The van der Waals surface area contributed by atoms with Gasteiger partial charge in [0.05, 0.1) is 12.2 Å². The molecule has 29 heavy (non-hydrogen) atoms. The van der Waals surface area contributed by atoms with E-state index in [1.807, 2.05) is 43.3 Å². The average Bonchev–Trinajstić information content (AvgIpc) is 2.74. The molecule has 0 radical (unpaired) electrons. The minimum Gasteiger partial charge on any atom is -0.444 e. The van der Waals surface area contributed by atoms with Crippen molar-refractivity contribution in [3.05, 3.63) is 101 Å². The second-order valence-electron chi connectivity index (χ2n) is 6.68. The number of amides is 1. The highest BCUT2D eigenvalue weighted by Crippen LogP contribution is 2.22. The third-order valence-corrected chi connectivity index (χ3v) is 4.36. The van der Waals surface area contributed by atoms with Crippen molar-refractivity contribution in [2.24, 2.45) is 0 Å². The molecule has 3 aromatic rings. The summed E-state index contributed by atoms with van der Waals surface area (Å²) >= 11 is 0. The minimum atomic E-state index is -1.07. The Morgan fingerprint density at radius 1 is 0.931 bits per heavy atom. The first-order chi connectivity index (χ1) is 14.1. The molecule has 0 spiro atoms. The second-order valence-corrected chi connectivity index (χ2v) is 6.68. The summed E-state index contributed by atoms with van der Waals surface area (Å²) in [7, 11) is 1.59. The van der Waals surface area contributed by atoms with Crippen LogP contribution in [0.1, 0.15) is 33.2 Å². The van der Waals surface area contributed by atoms with Gasteiger partial charge in [0.1, 0.15) is 0 Å². The number of ether oxygens (including phenoxy) is 2. The van der Waals surface area contributed by atoms with Crippen LogP contribution in [0.3, 0.4) is 0 Å². The molecule has 0 aliphatic rings. The molecule has 0 aliphatic heterocycles. The number of esters is 1. The Labute approximate surface area is 170 Å². The highest BCUT2D eigenvalue weighted by atomic mass is 16.5. The van der Waals surface area contributed by atoms with Gasteiger partial charge in [-0.05, 0) is 36.8 Å². The molecular weight excluding hydrogens is 366 g/mol. The van der Waals surface area contributed by atoms with E-state index in [1.165, 1.54) is 0 Å². The Balaban J connectivity index is 1.82. The first kappa shape index (κ1) is 20.3. The molecule has 0 unspecified atom stereocenters. The maximum absolute atomic E-state index is 12.9. The van der Waals surface area contributed by atoms with Gasteiger partial charge in [0.25, 0.3) is 5.91 Å². The molecule has 3 aromatic carbocycles. The van der Waals surface area contributed by atoms with Crippen molar-refractivity contribution in [2.45, 2.75) is 19.6 Å². The van der Waals surface area contributed by atoms with E-state index in [0.29, 0.717) is 23.4 Å². The van der Waals surface area contributed by atoms with Crippen LogP contribution in [0.25, 0.3) is 0 Å². The van der Waals surface area contributed by atoms with Gasteiger partial charge in [0.2, 0.25) is 6.10 Å². The van der Waals surface area contributed by atoms with Gasteiger partial charge < -0.3 is 14.8 Å². The lowest BCUT2D eigenvalue weighted by molar-refractivity contribution is -0.125. The normalized spacial score (nSPS) is 11.5. The number of rotatable bonds is 7. The number of methoxy groups -OCH3 is 1. The third kappa shape index (κ3) is 5.53. The number of hydrogen-bond donors (Lipinski definition) is 1. The number of anilines is 1. The molecule has 148 valence electrons. The largest absolute Gasteiger partial charge is 0.444 e. The minimum absolute atomic E-state index is 0.364. The Hall–Kier alpha value is -3.44. The Bertz CT molecular complexity index is 968. The number of hydrogen-bond acceptors (Lipinski definition) is 4. The predicted octanol–water partition coefficient (Wildman–Crippen LogP) is 4.68. The number of carbonyl (C=O) groups excluding carboxylic acids is 2. The lowest BCUT2D eigenvalue weighted by Gasteiger charge is -2.18. The Kier molecular flexibility index (Phi) is 6.76. The summed E-state index contributed by atoms with van der Waals surface area (Å²) in [5.41, 5.74) is 3.54. The van der Waals surface area contributed by atoms with Crippen LogP contribution in [0.15, 0.2) is 78.9 Å². The monoisotopic (exact) mass is 389 g/mol. The zero-order valence-corrected chi connectivity index (χ0v) is 16.4. The smallest absolute Gasteiger partial charge is 0.339 e. The van der Waals surface area contributed by atoms with E-state index in [-0.39, 0.29) is 0 Å². The molecule has 1 N–H and O–H groups in total. The van der Waals surface area contributed by atoms with E-state index >= 15 is 0 Å². The highest BCUT2D eigenvalue weighted by molar-refractivity contribution is 5.98. The molecule has 0 aromatic heterocycles. The van der Waals surface area contributed by atoms with E-state index in [4.69, 9.17) is 9.47 Å². The molecule has 1 amide bonds. The van der Waals surface area contributed by atoms with Gasteiger partial charge in [-0.25, -0.2) is 4.79 Å². The highest BCUT2D eigenvalue weighted by Gasteiger charge is 2.26. The molecule has 0 aliphatic carbocycles. The molecule has 1 atom stereocenters. The fourth-order valence-corrected chi connectivity index (χ4v) is 2.88. The van der Waals surface area contributed by atoms with E-state index < -0.39 is 18.0 Å². The summed E-state index contributed by atoms with van der Waals surface area (Å²) in [5, 5.41) is 2.82. The molecule has 0 saturated heterocycles. The predicted molar refractivity (Wildman–Crippen MR) is 112 cm³/mol. The van der Waals surface area contributed by atoms with Crippen LogP contribution in [0.4, 0.5) is 5.69 Å². The summed E-state index contributed by atoms with van der Waals surface area (Å²) in [6.45, 7) is 2.36. The van der Waals surface area contributed by atoms with Crippen molar-refractivity contribution in [1.82, 2.24) is 0 Å². The second kappa shape index (κ2) is 9.66. The molecule has 3 rings (SSSR count). The molecule has 0 heterocycles. The summed E-state index contributed by atoms with van der Waals surface area (Å²) in [6, 6.07) is 23.4. The molecule has 5 heteroatoms. The van der Waals surface area contributed by atoms with E-state index in [0.717, 1.165) is 11.1 Å². The van der Waals surface area contributed by atoms with Crippen LogP contribution in [-0.2, 0) is 20.9 Å². The van der Waals surface area contributed by atoms with E-state index in [1.54, 1.807) is 49.6 Å². The van der Waals surface area contributed by atoms with Gasteiger partial charge in [-0.3, -0.25) is 4.79 Å². The van der Waals surface area contributed by atoms with Crippen LogP contribution in [0.5, 0.6) is 0 Å². The van der Waals surface area contributed by atoms with Crippen molar-refractivity contribution < 1.29 is 19.1 Å². The standard InChI is InChI=1S/C24H23NO4/c1-17-11-13-21(14-12-17)25-23(26)22(19-8-4-3-5-9-19)29-24(27)20-10-6-7-18(15-20)16-28-2/h3-15,22H,16H2,1-2H3,(H,25,26)/t22-/m1/s1. The van der Waals surface area contributed by atoms with Crippen molar-refractivity contribution in [2.75, 3.05) is 12.4 Å². The zero-order chi connectivity index (χ0) is 20.6. The number of nitrogens with one attached hydrogen (secondary N) is 1. The number of carbonyl (C=O) groups is 2. The summed E-state index contributed by atoms with van der Waals surface area (Å²) in [4.78, 5) is 25.7. The van der Waals surface area contributed by atoms with Crippen molar-refractivity contribution in [3.8, 4) is 0 Å². The summed E-state index contributed by atoms with van der Waals surface area (Å²) in [5.74, 6) is -0.989. The van der Waals surface area contributed by atoms with Crippen molar-refractivity contribution >= 4 is 17.6 Å². The van der Waals surface area contributed by atoms with E-state index in [2.05, 4.69) is 5.32 Å². The fourth-order valence-electron chi connectivity index (χ4n) is 2.88. The average molecular weight is 389 g/mol. The lowest BCUT2D eigenvalue weighted by Crippen LogP contribution is -2.26. The maximum Gasteiger partial charge on any atom is 0.339 e. The molecule has 0 fully saturated rings. The quantitative estimate of drug-likeness (QED) is 0.596. The summed E-state index contributed by atoms with van der Waals surface area (Å²) in [6.07, 6.45) is -1.07. The number of aryl methyl sites for hydroxylation is 1. The van der Waals surface area contributed by atoms with Crippen LogP contribution in [0.2, 0.25) is 0 Å². The van der Waals surface area contributed by atoms with Gasteiger partial charge in [-0.15, -0.1) is 0 Å². The maximum atomic E-state index is 12.9. The Morgan fingerprint density at radius 3 is 2.34 bits per heavy atom. The van der Waals surface area contributed by atoms with Crippen LogP contribution in [-0.4, -0.2) is 19.0 Å². The number of benzene rings is 3. The molecule has 0 bridgehead atoms. The fraction of sp³-hybridized carbons (Fsp3) is 0.167. The van der Waals surface area contributed by atoms with Gasteiger partial charge in [0.15, 0.2) is 0 Å². The lowest BCUT2D eigenvalue weighted by atomic mass is 10.1. The SMILES string of the molecule is COCc1cccc(C(=O)O[C@@H](C(=O)Nc2ccc(C)cc2)c2ccccc2)c1. The van der Waals surface area contributed by atoms with Gasteiger partial charge in [-0.2, -0.15) is 0 Å². The first-order valence-corrected chi connectivity index (χ1v) is 9.28. The van der Waals surface area contributed by atoms with Gasteiger partial charge in [-0.1, -0.05) is 60.2 Å². The van der Waals surface area contributed by atoms with Gasteiger partial charge >= 0.3 is 5.97 Å². The third-order valence-electron chi connectivity index (χ3n) is 4.36. The Morgan fingerprint density at radius 2 is 1.66 bits per heavy atom. The summed E-state index contributed by atoms with van der Waals surface area (Å²) < 4.78 is 10.7. The molecule has 5 nitrogen and oxygen atoms in total. The van der Waals surface area contributed by atoms with Crippen LogP contribution >= 0.6 is 0 Å². The van der Waals surface area contributed by atoms with Crippen molar-refractivity contribution in [3.63, 3.8) is 0 Å². The first-order valence-electron chi connectivity index (χ1n) is 9.28. The van der Waals surface area contributed by atoms with E-state index in [9.17, 15) is 9.59 Å². The molecule has 0 saturated carbocycles. The topological polar surface area (TPSA) is 64.6 Å². The van der Waals surface area contributed by atoms with Crippen molar-refractivity contribution in [1.29, 1.82) is 0 Å². The van der Waals surface area contributed by atoms with Crippen LogP contribution in [0, 0.1) is 6.92 Å². The molecular formula is C24H23NO4. The van der Waals surface area contributed by atoms with Crippen LogP contribution < -0.4 is 5.32 Å².